The number of halogens is 1. The van der Waals surface area contributed by atoms with Gasteiger partial charge in [0.2, 0.25) is 0 Å². The summed E-state index contributed by atoms with van der Waals surface area (Å²) in [7, 11) is 0. The lowest BCUT2D eigenvalue weighted by Crippen LogP contribution is -2.38. The van der Waals surface area contributed by atoms with E-state index < -0.39 is 0 Å². The van der Waals surface area contributed by atoms with Crippen molar-refractivity contribution in [3.05, 3.63) is 82.3 Å². The molecule has 1 heterocycles. The monoisotopic (exact) mass is 480 g/mol. The second kappa shape index (κ2) is 9.22. The van der Waals surface area contributed by atoms with Crippen molar-refractivity contribution in [2.75, 3.05) is 23.4 Å². The van der Waals surface area contributed by atoms with Crippen LogP contribution in [0.25, 0.3) is 0 Å². The van der Waals surface area contributed by atoms with Gasteiger partial charge in [0.15, 0.2) is 13.2 Å². The zero-order chi connectivity index (χ0) is 21.8. The molecule has 1 aliphatic rings. The van der Waals surface area contributed by atoms with Gasteiger partial charge in [-0.2, -0.15) is 0 Å². The summed E-state index contributed by atoms with van der Waals surface area (Å²) < 4.78 is 12.1. The van der Waals surface area contributed by atoms with Gasteiger partial charge < -0.3 is 19.7 Å². The molecule has 1 N–H and O–H groups in total. The summed E-state index contributed by atoms with van der Waals surface area (Å²) in [6.45, 7) is 2.27. The van der Waals surface area contributed by atoms with Gasteiger partial charge in [-0.3, -0.25) is 9.59 Å². The van der Waals surface area contributed by atoms with Crippen LogP contribution in [0.5, 0.6) is 11.5 Å². The van der Waals surface area contributed by atoms with E-state index in [-0.39, 0.29) is 25.0 Å². The molecule has 1 aliphatic heterocycles. The molecular weight excluding hydrogens is 460 g/mol. The molecule has 0 atom stereocenters. The van der Waals surface area contributed by atoms with E-state index in [1.165, 1.54) is 0 Å². The molecule has 3 aromatic rings. The van der Waals surface area contributed by atoms with E-state index in [0.29, 0.717) is 29.4 Å². The van der Waals surface area contributed by atoms with Gasteiger partial charge in [0.25, 0.3) is 11.8 Å². The second-order valence-electron chi connectivity index (χ2n) is 7.23. The molecule has 0 aliphatic carbocycles. The van der Waals surface area contributed by atoms with Crippen molar-refractivity contribution in [1.82, 2.24) is 0 Å². The van der Waals surface area contributed by atoms with Crippen molar-refractivity contribution in [2.24, 2.45) is 0 Å². The third-order valence-electron chi connectivity index (χ3n) is 4.83. The minimum atomic E-state index is -0.289. The normalized spacial score (nSPS) is 12.7. The fourth-order valence-electron chi connectivity index (χ4n) is 3.21. The molecule has 0 spiro atoms. The van der Waals surface area contributed by atoms with Crippen LogP contribution in [0.15, 0.2) is 71.2 Å². The molecule has 6 nitrogen and oxygen atoms in total. The Bertz CT molecular complexity index is 1100. The fraction of sp³-hybridized carbons (Fsp3) is 0.167. The van der Waals surface area contributed by atoms with Gasteiger partial charge in [0.05, 0.1) is 12.2 Å². The predicted octanol–water partition coefficient (Wildman–Crippen LogP) is 4.70. The zero-order valence-corrected chi connectivity index (χ0v) is 18.5. The average Bonchev–Trinajstić information content (AvgIpc) is 2.77. The lowest BCUT2D eigenvalue weighted by molar-refractivity contribution is -0.121. The molecule has 158 valence electrons. The van der Waals surface area contributed by atoms with E-state index in [1.807, 2.05) is 55.5 Å². The second-order valence-corrected chi connectivity index (χ2v) is 8.14. The molecule has 0 bridgehead atoms. The average molecular weight is 481 g/mol. The summed E-state index contributed by atoms with van der Waals surface area (Å²) in [5.74, 6) is 0.807. The van der Waals surface area contributed by atoms with Crippen molar-refractivity contribution in [1.29, 1.82) is 0 Å². The molecule has 0 unspecified atom stereocenters. The summed E-state index contributed by atoms with van der Waals surface area (Å²) in [5, 5.41) is 2.82. The number of amides is 2. The molecule has 3 aromatic carbocycles. The van der Waals surface area contributed by atoms with Crippen LogP contribution in [0.4, 0.5) is 11.4 Å². The van der Waals surface area contributed by atoms with Crippen molar-refractivity contribution >= 4 is 39.1 Å². The van der Waals surface area contributed by atoms with Gasteiger partial charge in [0, 0.05) is 10.2 Å². The summed E-state index contributed by atoms with van der Waals surface area (Å²) >= 11 is 3.42. The fourth-order valence-corrected chi connectivity index (χ4v) is 3.47. The van der Waals surface area contributed by atoms with Gasteiger partial charge in [0.1, 0.15) is 11.5 Å². The molecule has 0 saturated heterocycles. The highest BCUT2D eigenvalue weighted by atomic mass is 79.9. The summed E-state index contributed by atoms with van der Waals surface area (Å²) in [6, 6.07) is 20.5. The number of carbonyl (C=O) groups is 2. The lowest BCUT2D eigenvalue weighted by atomic mass is 10.1. The first-order chi connectivity index (χ1) is 15.0. The van der Waals surface area contributed by atoms with E-state index in [9.17, 15) is 9.59 Å². The molecule has 0 saturated carbocycles. The van der Waals surface area contributed by atoms with Crippen molar-refractivity contribution in [2.45, 2.75) is 13.5 Å². The Morgan fingerprint density at radius 3 is 2.58 bits per heavy atom. The number of benzene rings is 3. The van der Waals surface area contributed by atoms with E-state index in [2.05, 4.69) is 21.2 Å². The van der Waals surface area contributed by atoms with Crippen molar-refractivity contribution in [3.63, 3.8) is 0 Å². The molecule has 4 rings (SSSR count). The first-order valence-corrected chi connectivity index (χ1v) is 10.6. The van der Waals surface area contributed by atoms with Gasteiger partial charge in [-0.15, -0.1) is 0 Å². The summed E-state index contributed by atoms with van der Waals surface area (Å²) in [6.07, 6.45) is 0. The first-order valence-electron chi connectivity index (χ1n) is 9.79. The first kappa shape index (κ1) is 20.9. The number of rotatable bonds is 6. The van der Waals surface area contributed by atoms with Crippen LogP contribution in [0.2, 0.25) is 0 Å². The van der Waals surface area contributed by atoms with Crippen LogP contribution in [0.3, 0.4) is 0 Å². The molecule has 0 aromatic heterocycles. The number of hydrogen-bond donors (Lipinski definition) is 1. The molecule has 31 heavy (non-hydrogen) atoms. The summed E-state index contributed by atoms with van der Waals surface area (Å²) in [4.78, 5) is 26.5. The highest BCUT2D eigenvalue weighted by Crippen LogP contribution is 2.35. The third-order valence-corrected chi connectivity index (χ3v) is 5.36. The van der Waals surface area contributed by atoms with Crippen LogP contribution >= 0.6 is 15.9 Å². The molecule has 0 fully saturated rings. The van der Waals surface area contributed by atoms with Gasteiger partial charge in [-0.25, -0.2) is 0 Å². The standard InChI is InChI=1S/C24H21BrN2O4/c1-16-2-9-20(10-3-16)30-14-23(28)26-19-8-11-22-21(12-19)27(24(29)15-31-22)13-17-4-6-18(25)7-5-17/h2-12H,13-15H2,1H3,(H,26,28). The number of nitrogens with zero attached hydrogens (tertiary/aromatic N) is 1. The minimum absolute atomic E-state index is 0.0143. The van der Waals surface area contributed by atoms with Gasteiger partial charge in [-0.1, -0.05) is 45.8 Å². The van der Waals surface area contributed by atoms with E-state index in [0.717, 1.165) is 15.6 Å². The lowest BCUT2D eigenvalue weighted by Gasteiger charge is -2.30. The Labute approximate surface area is 188 Å². The largest absolute Gasteiger partial charge is 0.484 e. The molecule has 7 heteroatoms. The number of hydrogen-bond acceptors (Lipinski definition) is 4. The number of ether oxygens (including phenoxy) is 2. The quantitative estimate of drug-likeness (QED) is 0.555. The van der Waals surface area contributed by atoms with Crippen LogP contribution in [-0.2, 0) is 16.1 Å². The zero-order valence-electron chi connectivity index (χ0n) is 16.9. The maximum Gasteiger partial charge on any atom is 0.265 e. The minimum Gasteiger partial charge on any atom is -0.484 e. The number of fused-ring (bicyclic) bond motifs is 1. The van der Waals surface area contributed by atoms with Gasteiger partial charge in [-0.05, 0) is 55.0 Å². The van der Waals surface area contributed by atoms with Gasteiger partial charge >= 0.3 is 0 Å². The Balaban J connectivity index is 1.46. The molecular formula is C24H21BrN2O4. The number of anilines is 2. The maximum atomic E-state index is 12.5. The Hall–Kier alpha value is -3.32. The van der Waals surface area contributed by atoms with Crippen molar-refractivity contribution < 1.29 is 19.1 Å². The Morgan fingerprint density at radius 2 is 1.84 bits per heavy atom. The number of aryl methyl sites for hydroxylation is 1. The van der Waals surface area contributed by atoms with Crippen LogP contribution in [0, 0.1) is 6.92 Å². The van der Waals surface area contributed by atoms with E-state index in [1.54, 1.807) is 23.1 Å². The van der Waals surface area contributed by atoms with Crippen LogP contribution in [-0.4, -0.2) is 25.0 Å². The molecule has 2 amide bonds. The highest BCUT2D eigenvalue weighted by Gasteiger charge is 2.26. The predicted molar refractivity (Wildman–Crippen MR) is 123 cm³/mol. The topological polar surface area (TPSA) is 67.9 Å². The Kier molecular flexibility index (Phi) is 6.23. The smallest absolute Gasteiger partial charge is 0.265 e. The van der Waals surface area contributed by atoms with Crippen molar-refractivity contribution in [3.8, 4) is 11.5 Å². The van der Waals surface area contributed by atoms with E-state index in [4.69, 9.17) is 9.47 Å². The number of carbonyl (C=O) groups excluding carboxylic acids is 2. The third kappa shape index (κ3) is 5.24. The summed E-state index contributed by atoms with van der Waals surface area (Å²) in [5.41, 5.74) is 3.30. The molecule has 0 radical (unpaired) electrons. The maximum absolute atomic E-state index is 12.5. The van der Waals surface area contributed by atoms with E-state index >= 15 is 0 Å². The Morgan fingerprint density at radius 1 is 1.10 bits per heavy atom. The SMILES string of the molecule is Cc1ccc(OCC(=O)Nc2ccc3c(c2)N(Cc2ccc(Br)cc2)C(=O)CO3)cc1. The number of nitrogens with one attached hydrogen (secondary N) is 1. The highest BCUT2D eigenvalue weighted by molar-refractivity contribution is 9.10. The van der Waals surface area contributed by atoms with Crippen LogP contribution < -0.4 is 19.7 Å². The van der Waals surface area contributed by atoms with Crippen LogP contribution in [0.1, 0.15) is 11.1 Å².